The molecule has 3 atom stereocenters. The molecule has 1 aliphatic carbocycles. The van der Waals surface area contributed by atoms with Gasteiger partial charge in [0.1, 0.15) is 6.04 Å². The Balaban J connectivity index is 1.34. The van der Waals surface area contributed by atoms with Gasteiger partial charge in [-0.25, -0.2) is 0 Å². The monoisotopic (exact) mass is 398 g/mol. The van der Waals surface area contributed by atoms with E-state index in [-0.39, 0.29) is 24.1 Å². The van der Waals surface area contributed by atoms with Gasteiger partial charge in [-0.05, 0) is 67.8 Å². The zero-order valence-corrected chi connectivity index (χ0v) is 16.8. The summed E-state index contributed by atoms with van der Waals surface area (Å²) in [6.45, 7) is 2.91. The molecule has 2 fully saturated rings. The highest BCUT2D eigenvalue weighted by atomic mass is 16.2. The number of carbonyl (C=O) groups is 3. The quantitative estimate of drug-likeness (QED) is 0.627. The van der Waals surface area contributed by atoms with Crippen LogP contribution in [0.2, 0.25) is 0 Å². The molecule has 3 aliphatic rings. The van der Waals surface area contributed by atoms with Crippen molar-refractivity contribution in [2.24, 2.45) is 17.6 Å². The van der Waals surface area contributed by atoms with Crippen molar-refractivity contribution in [2.75, 3.05) is 13.1 Å². The zero-order valence-electron chi connectivity index (χ0n) is 16.8. The molecule has 3 amide bonds. The lowest BCUT2D eigenvalue weighted by Gasteiger charge is -2.29. The smallest absolute Gasteiger partial charge is 0.255 e. The normalized spacial score (nSPS) is 27.1. The molecule has 0 radical (unpaired) electrons. The van der Waals surface area contributed by atoms with Crippen molar-refractivity contribution < 1.29 is 14.4 Å². The van der Waals surface area contributed by atoms with Crippen molar-refractivity contribution >= 4 is 17.7 Å². The van der Waals surface area contributed by atoms with Crippen LogP contribution in [0.1, 0.15) is 60.0 Å². The second-order valence-corrected chi connectivity index (χ2v) is 8.66. The highest BCUT2D eigenvalue weighted by Crippen LogP contribution is 2.29. The zero-order chi connectivity index (χ0) is 20.4. The Morgan fingerprint density at radius 1 is 1.14 bits per heavy atom. The molecule has 0 spiro atoms. The third kappa shape index (κ3) is 4.36. The van der Waals surface area contributed by atoms with Crippen LogP contribution in [0.5, 0.6) is 0 Å². The van der Waals surface area contributed by atoms with Crippen LogP contribution in [-0.2, 0) is 22.7 Å². The van der Waals surface area contributed by atoms with Crippen LogP contribution >= 0.6 is 0 Å². The summed E-state index contributed by atoms with van der Waals surface area (Å²) >= 11 is 0. The first-order valence-corrected chi connectivity index (χ1v) is 10.7. The van der Waals surface area contributed by atoms with Gasteiger partial charge in [0.15, 0.2) is 0 Å². The fraction of sp³-hybridized carbons (Fsp3) is 0.591. The summed E-state index contributed by atoms with van der Waals surface area (Å²) in [7, 11) is 0. The molecule has 0 bridgehead atoms. The van der Waals surface area contributed by atoms with Gasteiger partial charge in [0.2, 0.25) is 11.8 Å². The maximum atomic E-state index is 12.9. The fourth-order valence-electron chi connectivity index (χ4n) is 4.93. The predicted octanol–water partition coefficient (Wildman–Crippen LogP) is 1.30. The third-order valence-corrected chi connectivity index (χ3v) is 6.58. The summed E-state index contributed by atoms with van der Waals surface area (Å²) in [6.07, 6.45) is 5.64. The SMILES string of the molecule is NC[C@@H]1CCC[C@H](CNCc2ccc3c(c2)C(=O)N(C2CCC(=O)NC2=O)C3)C1. The van der Waals surface area contributed by atoms with Gasteiger partial charge >= 0.3 is 0 Å². The molecule has 4 N–H and O–H groups in total. The van der Waals surface area contributed by atoms with E-state index >= 15 is 0 Å². The number of carbonyl (C=O) groups excluding carboxylic acids is 3. The molecule has 2 aliphatic heterocycles. The van der Waals surface area contributed by atoms with Gasteiger partial charge in [-0.15, -0.1) is 0 Å². The van der Waals surface area contributed by atoms with Crippen LogP contribution in [0.3, 0.4) is 0 Å². The summed E-state index contributed by atoms with van der Waals surface area (Å²) in [4.78, 5) is 38.0. The van der Waals surface area contributed by atoms with Gasteiger partial charge in [-0.3, -0.25) is 19.7 Å². The van der Waals surface area contributed by atoms with Crippen molar-refractivity contribution in [1.82, 2.24) is 15.5 Å². The Kier molecular flexibility index (Phi) is 5.96. The Bertz CT molecular complexity index is 809. The largest absolute Gasteiger partial charge is 0.330 e. The van der Waals surface area contributed by atoms with E-state index in [0.717, 1.165) is 30.8 Å². The molecular weight excluding hydrogens is 368 g/mol. The fourth-order valence-corrected chi connectivity index (χ4v) is 4.93. The van der Waals surface area contributed by atoms with Crippen LogP contribution in [0.15, 0.2) is 18.2 Å². The van der Waals surface area contributed by atoms with Crippen LogP contribution in [0, 0.1) is 11.8 Å². The Morgan fingerprint density at radius 3 is 2.76 bits per heavy atom. The molecule has 0 aromatic heterocycles. The molecule has 2 heterocycles. The highest BCUT2D eigenvalue weighted by Gasteiger charge is 2.39. The Morgan fingerprint density at radius 2 is 1.97 bits per heavy atom. The van der Waals surface area contributed by atoms with Gasteiger partial charge in [0, 0.05) is 25.1 Å². The first kappa shape index (κ1) is 20.0. The summed E-state index contributed by atoms with van der Waals surface area (Å²) in [5, 5.41) is 5.88. The van der Waals surface area contributed by atoms with E-state index in [1.54, 1.807) is 4.90 Å². The van der Waals surface area contributed by atoms with Crippen LogP contribution in [-0.4, -0.2) is 41.8 Å². The number of hydrogen-bond donors (Lipinski definition) is 3. The molecule has 1 aromatic rings. The van der Waals surface area contributed by atoms with Crippen molar-refractivity contribution in [2.45, 2.75) is 57.7 Å². The van der Waals surface area contributed by atoms with Gasteiger partial charge in [0.05, 0.1) is 0 Å². The second kappa shape index (κ2) is 8.63. The number of rotatable bonds is 6. The Hall–Kier alpha value is -2.25. The van der Waals surface area contributed by atoms with Gasteiger partial charge in [0.25, 0.3) is 5.91 Å². The predicted molar refractivity (Wildman–Crippen MR) is 109 cm³/mol. The summed E-state index contributed by atoms with van der Waals surface area (Å²) < 4.78 is 0. The topological polar surface area (TPSA) is 105 Å². The molecular formula is C22H30N4O3. The molecule has 4 rings (SSSR count). The second-order valence-electron chi connectivity index (χ2n) is 8.66. The van der Waals surface area contributed by atoms with Crippen LogP contribution in [0.25, 0.3) is 0 Å². The summed E-state index contributed by atoms with van der Waals surface area (Å²) in [6, 6.07) is 5.42. The lowest BCUT2D eigenvalue weighted by Crippen LogP contribution is -2.52. The molecule has 29 heavy (non-hydrogen) atoms. The van der Waals surface area contributed by atoms with Crippen LogP contribution in [0.4, 0.5) is 0 Å². The Labute approximate surface area is 171 Å². The van der Waals surface area contributed by atoms with Gasteiger partial charge in [-0.1, -0.05) is 18.6 Å². The number of piperidine rings is 1. The van der Waals surface area contributed by atoms with E-state index in [1.165, 1.54) is 25.7 Å². The first-order valence-electron chi connectivity index (χ1n) is 10.7. The minimum atomic E-state index is -0.559. The molecule has 7 nitrogen and oxygen atoms in total. The van der Waals surface area contributed by atoms with Crippen molar-refractivity contribution in [3.05, 3.63) is 34.9 Å². The standard InChI is InChI=1S/C22H30N4O3/c23-10-14-2-1-3-15(8-14)11-24-12-16-4-5-17-13-26(22(29)18(17)9-16)19-6-7-20(27)25-21(19)28/h4-5,9,14-15,19,24H,1-3,6-8,10-13,23H2,(H,25,27,28)/t14-,15+,19?/m1/s1. The van der Waals surface area contributed by atoms with E-state index in [2.05, 4.69) is 16.7 Å². The molecule has 1 saturated heterocycles. The average Bonchev–Trinajstić information content (AvgIpc) is 3.04. The van der Waals surface area contributed by atoms with Crippen molar-refractivity contribution in [3.8, 4) is 0 Å². The number of nitrogens with one attached hydrogen (secondary N) is 2. The number of benzene rings is 1. The lowest BCUT2D eigenvalue weighted by molar-refractivity contribution is -0.136. The van der Waals surface area contributed by atoms with E-state index < -0.39 is 6.04 Å². The number of nitrogens with two attached hydrogens (primary N) is 1. The van der Waals surface area contributed by atoms with E-state index in [4.69, 9.17) is 5.73 Å². The highest BCUT2D eigenvalue weighted by molar-refractivity contribution is 6.05. The van der Waals surface area contributed by atoms with Gasteiger partial charge < -0.3 is 16.0 Å². The summed E-state index contributed by atoms with van der Waals surface area (Å²) in [5.74, 6) is 0.587. The van der Waals surface area contributed by atoms with Crippen molar-refractivity contribution in [1.29, 1.82) is 0 Å². The molecule has 7 heteroatoms. The number of fused-ring (bicyclic) bond motifs is 1. The number of hydrogen-bond acceptors (Lipinski definition) is 5. The number of amides is 3. The minimum absolute atomic E-state index is 0.116. The van der Waals surface area contributed by atoms with E-state index in [0.29, 0.717) is 30.4 Å². The minimum Gasteiger partial charge on any atom is -0.330 e. The van der Waals surface area contributed by atoms with Crippen molar-refractivity contribution in [3.63, 3.8) is 0 Å². The third-order valence-electron chi connectivity index (χ3n) is 6.58. The molecule has 1 saturated carbocycles. The number of nitrogens with zero attached hydrogens (tertiary/aromatic N) is 1. The average molecular weight is 399 g/mol. The lowest BCUT2D eigenvalue weighted by atomic mass is 9.81. The maximum absolute atomic E-state index is 12.9. The van der Waals surface area contributed by atoms with E-state index in [1.807, 2.05) is 12.1 Å². The molecule has 1 aromatic carbocycles. The van der Waals surface area contributed by atoms with E-state index in [9.17, 15) is 14.4 Å². The summed E-state index contributed by atoms with van der Waals surface area (Å²) in [5.41, 5.74) is 8.53. The molecule has 1 unspecified atom stereocenters. The van der Waals surface area contributed by atoms with Crippen LogP contribution < -0.4 is 16.4 Å². The first-order chi connectivity index (χ1) is 14.0. The van der Waals surface area contributed by atoms with Gasteiger partial charge in [-0.2, -0.15) is 0 Å². The number of imide groups is 1. The maximum Gasteiger partial charge on any atom is 0.255 e. The molecule has 156 valence electrons.